The number of carboxylic acid groups (broad SMARTS) is 3. The molecule has 0 unspecified atom stereocenters. The minimum absolute atomic E-state index is 0.424. The van der Waals surface area contributed by atoms with Crippen LogP contribution in [0.3, 0.4) is 0 Å². The number of aliphatic hydroxyl groups is 1. The fraction of sp³-hybridized carbons (Fsp3) is 0.385. The molecular formula is C26H30F3N3O8. The van der Waals surface area contributed by atoms with Crippen molar-refractivity contribution in [1.82, 2.24) is 14.5 Å². The highest BCUT2D eigenvalue weighted by atomic mass is 19.4. The maximum Gasteiger partial charge on any atom is 0.416 e. The number of carboxylic acids is 3. The number of furan rings is 1. The third kappa shape index (κ3) is 10.9. The second-order valence-electron chi connectivity index (χ2n) is 9.05. The van der Waals surface area contributed by atoms with Crippen molar-refractivity contribution >= 4 is 17.9 Å². The summed E-state index contributed by atoms with van der Waals surface area (Å²) >= 11 is 0. The molecule has 14 heteroatoms. The second kappa shape index (κ2) is 14.3. The molecule has 2 heterocycles. The highest BCUT2D eigenvalue weighted by Gasteiger charge is 2.40. The van der Waals surface area contributed by atoms with Gasteiger partial charge in [0.2, 0.25) is 0 Å². The van der Waals surface area contributed by atoms with E-state index in [4.69, 9.17) is 24.8 Å². The van der Waals surface area contributed by atoms with Crippen molar-refractivity contribution in [1.29, 1.82) is 0 Å². The van der Waals surface area contributed by atoms with Gasteiger partial charge in [0.05, 0.1) is 31.3 Å². The van der Waals surface area contributed by atoms with Gasteiger partial charge in [-0.25, -0.2) is 9.78 Å². The highest BCUT2D eigenvalue weighted by Crippen LogP contribution is 2.30. The molecule has 0 aliphatic rings. The average molecular weight is 570 g/mol. The van der Waals surface area contributed by atoms with E-state index in [1.165, 1.54) is 12.1 Å². The number of aliphatic carboxylic acids is 3. The molecule has 0 saturated heterocycles. The molecule has 0 aliphatic carbocycles. The number of halogens is 3. The lowest BCUT2D eigenvalue weighted by Crippen LogP contribution is -2.42. The standard InChI is InChI=1S/C20H22F3N3O.C6H8O7/c1-16-6-7-19(27-16)14-26(10-3-9-25-11-8-24-15-25)13-17-4-2-5-18(12-17)20(21,22)23;7-3(8)1-6(13,5(11)12)2-4(9)10/h2,4-8,11-12,15H,3,9-10,13-14H2,1H3;13H,1-2H2,(H,7,8)(H,9,10)(H,11,12). The lowest BCUT2D eigenvalue weighted by Gasteiger charge is -2.22. The van der Waals surface area contributed by atoms with Crippen LogP contribution >= 0.6 is 0 Å². The first-order valence-electron chi connectivity index (χ1n) is 12.0. The first-order valence-corrected chi connectivity index (χ1v) is 12.0. The monoisotopic (exact) mass is 569 g/mol. The zero-order chi connectivity index (χ0) is 29.9. The summed E-state index contributed by atoms with van der Waals surface area (Å²) in [6, 6.07) is 9.30. The number of imidazole rings is 1. The molecule has 0 radical (unpaired) electrons. The lowest BCUT2D eigenvalue weighted by molar-refractivity contribution is -0.170. The van der Waals surface area contributed by atoms with Crippen LogP contribution in [0.25, 0.3) is 0 Å². The number of aromatic nitrogens is 2. The summed E-state index contributed by atoms with van der Waals surface area (Å²) in [5.74, 6) is -3.39. The molecule has 2 aromatic heterocycles. The predicted molar refractivity (Wildman–Crippen MR) is 133 cm³/mol. The number of hydrogen-bond acceptors (Lipinski definition) is 7. The van der Waals surface area contributed by atoms with Crippen LogP contribution in [0.1, 0.15) is 41.9 Å². The molecule has 4 N–H and O–H groups in total. The molecule has 40 heavy (non-hydrogen) atoms. The topological polar surface area (TPSA) is 166 Å². The molecule has 0 amide bonds. The fourth-order valence-corrected chi connectivity index (χ4v) is 3.72. The summed E-state index contributed by atoms with van der Waals surface area (Å²) in [6.07, 6.45) is -0.384. The number of nitrogens with zero attached hydrogens (tertiary/aromatic N) is 3. The number of hydrogen-bond donors (Lipinski definition) is 4. The molecule has 3 aromatic rings. The molecule has 0 saturated carbocycles. The largest absolute Gasteiger partial charge is 0.481 e. The van der Waals surface area contributed by atoms with Gasteiger partial charge in [-0.15, -0.1) is 0 Å². The van der Waals surface area contributed by atoms with Gasteiger partial charge in [0.25, 0.3) is 0 Å². The van der Waals surface area contributed by atoms with E-state index in [2.05, 4.69) is 9.88 Å². The highest BCUT2D eigenvalue weighted by molar-refractivity contribution is 5.88. The molecule has 0 spiro atoms. The first kappa shape index (κ1) is 32.0. The van der Waals surface area contributed by atoms with Crippen LogP contribution in [0, 0.1) is 6.92 Å². The smallest absolute Gasteiger partial charge is 0.416 e. The van der Waals surface area contributed by atoms with Crippen molar-refractivity contribution in [2.75, 3.05) is 6.54 Å². The van der Waals surface area contributed by atoms with E-state index in [1.807, 2.05) is 29.8 Å². The summed E-state index contributed by atoms with van der Waals surface area (Å²) in [4.78, 5) is 36.6. The molecule has 0 bridgehead atoms. The maximum absolute atomic E-state index is 13.0. The molecule has 218 valence electrons. The fourth-order valence-electron chi connectivity index (χ4n) is 3.72. The Morgan fingerprint density at radius 3 is 2.20 bits per heavy atom. The zero-order valence-corrected chi connectivity index (χ0v) is 21.5. The van der Waals surface area contributed by atoms with E-state index in [1.54, 1.807) is 18.6 Å². The van der Waals surface area contributed by atoms with Crippen LogP contribution in [-0.4, -0.2) is 64.9 Å². The number of carbonyl (C=O) groups is 3. The summed E-state index contributed by atoms with van der Waals surface area (Å²) in [7, 11) is 0. The van der Waals surface area contributed by atoms with Crippen LogP contribution in [-0.2, 0) is 40.2 Å². The average Bonchev–Trinajstić information content (AvgIpc) is 3.49. The van der Waals surface area contributed by atoms with Crippen molar-refractivity contribution in [3.05, 3.63) is 77.8 Å². The Labute approximate surface area is 227 Å². The maximum atomic E-state index is 13.0. The Bertz CT molecular complexity index is 1240. The number of benzene rings is 1. The Kier molecular flexibility index (Phi) is 11.4. The van der Waals surface area contributed by atoms with E-state index >= 15 is 0 Å². The van der Waals surface area contributed by atoms with Gasteiger partial charge in [0, 0.05) is 32.0 Å². The second-order valence-corrected chi connectivity index (χ2v) is 9.05. The zero-order valence-electron chi connectivity index (χ0n) is 21.5. The normalized spacial score (nSPS) is 11.7. The van der Waals surface area contributed by atoms with Crippen molar-refractivity contribution < 1.29 is 52.4 Å². The number of aryl methyl sites for hydroxylation is 2. The van der Waals surface area contributed by atoms with Gasteiger partial charge in [0.1, 0.15) is 11.5 Å². The Morgan fingerprint density at radius 2 is 1.70 bits per heavy atom. The van der Waals surface area contributed by atoms with Gasteiger partial charge < -0.3 is 29.4 Å². The Hall–Kier alpha value is -4.17. The third-order valence-electron chi connectivity index (χ3n) is 5.57. The van der Waals surface area contributed by atoms with E-state index in [-0.39, 0.29) is 0 Å². The summed E-state index contributed by atoms with van der Waals surface area (Å²) < 4.78 is 46.6. The Balaban J connectivity index is 0.000000366. The minimum atomic E-state index is -4.33. The quantitative estimate of drug-likeness (QED) is 0.239. The molecule has 0 aliphatic heterocycles. The molecule has 3 rings (SSSR count). The van der Waals surface area contributed by atoms with Gasteiger partial charge in [-0.1, -0.05) is 18.2 Å². The molecule has 1 aromatic carbocycles. The van der Waals surface area contributed by atoms with Crippen LogP contribution in [0.15, 0.2) is 59.5 Å². The summed E-state index contributed by atoms with van der Waals surface area (Å²) in [5.41, 5.74) is -2.72. The van der Waals surface area contributed by atoms with Crippen molar-refractivity contribution in [2.45, 2.75) is 57.6 Å². The molecule has 0 fully saturated rings. The van der Waals surface area contributed by atoms with Crippen LogP contribution in [0.5, 0.6) is 0 Å². The summed E-state index contributed by atoms with van der Waals surface area (Å²) in [5, 5.41) is 33.8. The molecule has 11 nitrogen and oxygen atoms in total. The van der Waals surface area contributed by atoms with Crippen molar-refractivity contribution in [3.63, 3.8) is 0 Å². The van der Waals surface area contributed by atoms with Crippen molar-refractivity contribution in [2.24, 2.45) is 0 Å². The van der Waals surface area contributed by atoms with Crippen LogP contribution in [0.2, 0.25) is 0 Å². The van der Waals surface area contributed by atoms with E-state index in [0.29, 0.717) is 18.7 Å². The minimum Gasteiger partial charge on any atom is -0.481 e. The van der Waals surface area contributed by atoms with E-state index in [0.717, 1.165) is 37.1 Å². The van der Waals surface area contributed by atoms with Crippen LogP contribution < -0.4 is 0 Å². The number of alkyl halides is 3. The summed E-state index contributed by atoms with van der Waals surface area (Å²) in [6.45, 7) is 4.38. The van der Waals surface area contributed by atoms with Crippen LogP contribution in [0.4, 0.5) is 13.2 Å². The van der Waals surface area contributed by atoms with Crippen molar-refractivity contribution in [3.8, 4) is 0 Å². The van der Waals surface area contributed by atoms with Gasteiger partial charge in [-0.05, 0) is 37.1 Å². The predicted octanol–water partition coefficient (Wildman–Crippen LogP) is 3.65. The Morgan fingerprint density at radius 1 is 1.02 bits per heavy atom. The molecule has 0 atom stereocenters. The first-order chi connectivity index (χ1) is 18.7. The van der Waals surface area contributed by atoms with E-state index in [9.17, 15) is 27.6 Å². The van der Waals surface area contributed by atoms with Gasteiger partial charge in [-0.2, -0.15) is 13.2 Å². The van der Waals surface area contributed by atoms with Gasteiger partial charge in [0.15, 0.2) is 5.60 Å². The van der Waals surface area contributed by atoms with E-state index < -0.39 is 48.1 Å². The lowest BCUT2D eigenvalue weighted by atomic mass is 9.96. The molecular weight excluding hydrogens is 539 g/mol. The van der Waals surface area contributed by atoms with Gasteiger partial charge in [-0.3, -0.25) is 14.5 Å². The number of rotatable bonds is 13. The van der Waals surface area contributed by atoms with Gasteiger partial charge >= 0.3 is 24.1 Å². The SMILES string of the molecule is Cc1ccc(CN(CCCn2ccnc2)Cc2cccc(C(F)(F)F)c2)o1.O=C(O)CC(O)(CC(=O)O)C(=O)O. The third-order valence-corrected chi connectivity index (χ3v) is 5.57.